The molecule has 0 saturated heterocycles. The standard InChI is InChI=1S/C17H17F3N2O2S/c1-11-10-16-15(21-12(11)2)4-3-9-22(16)25(23,24)14-7-5-13(6-8-14)17(18,19)20/h5-8,10H,3-4,9H2,1-2H3. The molecule has 0 spiro atoms. The average Bonchev–Trinajstić information content (AvgIpc) is 2.54. The third-order valence-electron chi connectivity index (χ3n) is 4.34. The van der Waals surface area contributed by atoms with E-state index in [1.807, 2.05) is 13.8 Å². The lowest BCUT2D eigenvalue weighted by Crippen LogP contribution is -2.36. The highest BCUT2D eigenvalue weighted by Gasteiger charge is 2.33. The van der Waals surface area contributed by atoms with E-state index in [0.717, 1.165) is 35.5 Å². The molecular weight excluding hydrogens is 353 g/mol. The number of sulfonamides is 1. The molecule has 25 heavy (non-hydrogen) atoms. The van der Waals surface area contributed by atoms with E-state index in [4.69, 9.17) is 0 Å². The second-order valence-electron chi connectivity index (χ2n) is 6.06. The molecular formula is C17H17F3N2O2S. The summed E-state index contributed by atoms with van der Waals surface area (Å²) >= 11 is 0. The van der Waals surface area contributed by atoms with Crippen molar-refractivity contribution < 1.29 is 21.6 Å². The van der Waals surface area contributed by atoms with Gasteiger partial charge in [-0.25, -0.2) is 8.42 Å². The molecule has 0 radical (unpaired) electrons. The van der Waals surface area contributed by atoms with Crippen molar-refractivity contribution in [2.24, 2.45) is 0 Å². The van der Waals surface area contributed by atoms with Gasteiger partial charge in [-0.15, -0.1) is 0 Å². The predicted molar refractivity (Wildman–Crippen MR) is 88.0 cm³/mol. The number of pyridine rings is 1. The van der Waals surface area contributed by atoms with E-state index in [1.165, 1.54) is 4.31 Å². The predicted octanol–water partition coefficient (Wildman–Crippen LogP) is 3.86. The van der Waals surface area contributed by atoms with Crippen molar-refractivity contribution in [2.45, 2.75) is 37.8 Å². The van der Waals surface area contributed by atoms with Crippen molar-refractivity contribution in [1.29, 1.82) is 0 Å². The van der Waals surface area contributed by atoms with E-state index in [-0.39, 0.29) is 11.4 Å². The minimum absolute atomic E-state index is 0.161. The van der Waals surface area contributed by atoms with Gasteiger partial charge in [-0.2, -0.15) is 13.2 Å². The van der Waals surface area contributed by atoms with Crippen molar-refractivity contribution in [1.82, 2.24) is 4.98 Å². The van der Waals surface area contributed by atoms with Crippen LogP contribution in [0, 0.1) is 13.8 Å². The lowest BCUT2D eigenvalue weighted by atomic mass is 10.1. The molecule has 0 unspecified atom stereocenters. The van der Waals surface area contributed by atoms with Gasteiger partial charge in [-0.3, -0.25) is 9.29 Å². The van der Waals surface area contributed by atoms with Gasteiger partial charge in [0.15, 0.2) is 0 Å². The lowest BCUT2D eigenvalue weighted by Gasteiger charge is -2.30. The number of nitrogens with zero attached hydrogens (tertiary/aromatic N) is 2. The number of benzene rings is 1. The summed E-state index contributed by atoms with van der Waals surface area (Å²) in [6.45, 7) is 3.99. The molecule has 1 aliphatic rings. The van der Waals surface area contributed by atoms with Gasteiger partial charge in [-0.05, 0) is 62.6 Å². The molecule has 1 aliphatic heterocycles. The number of rotatable bonds is 2. The molecule has 3 rings (SSSR count). The van der Waals surface area contributed by atoms with E-state index in [0.29, 0.717) is 24.2 Å². The van der Waals surface area contributed by atoms with Gasteiger partial charge in [0, 0.05) is 12.2 Å². The lowest BCUT2D eigenvalue weighted by molar-refractivity contribution is -0.137. The summed E-state index contributed by atoms with van der Waals surface area (Å²) in [5.74, 6) is 0. The first kappa shape index (κ1) is 17.7. The van der Waals surface area contributed by atoms with Crippen LogP contribution < -0.4 is 4.31 Å². The molecule has 0 amide bonds. The van der Waals surface area contributed by atoms with Gasteiger partial charge in [0.25, 0.3) is 10.0 Å². The summed E-state index contributed by atoms with van der Waals surface area (Å²) in [5, 5.41) is 0. The molecule has 2 heterocycles. The minimum atomic E-state index is -4.50. The largest absolute Gasteiger partial charge is 0.416 e. The Morgan fingerprint density at radius 2 is 1.76 bits per heavy atom. The van der Waals surface area contributed by atoms with Gasteiger partial charge < -0.3 is 0 Å². The Hall–Kier alpha value is -2.09. The first-order chi connectivity index (χ1) is 11.6. The molecule has 0 N–H and O–H groups in total. The van der Waals surface area contributed by atoms with E-state index in [2.05, 4.69) is 4.98 Å². The third kappa shape index (κ3) is 3.22. The van der Waals surface area contributed by atoms with Crippen LogP contribution >= 0.6 is 0 Å². The number of hydrogen-bond acceptors (Lipinski definition) is 3. The van der Waals surface area contributed by atoms with Crippen molar-refractivity contribution in [3.63, 3.8) is 0 Å². The summed E-state index contributed by atoms with van der Waals surface area (Å²) in [4.78, 5) is 4.30. The van der Waals surface area contributed by atoms with Gasteiger partial charge in [-0.1, -0.05) is 0 Å². The topological polar surface area (TPSA) is 50.3 Å². The fourth-order valence-corrected chi connectivity index (χ4v) is 4.36. The van der Waals surface area contributed by atoms with E-state index in [9.17, 15) is 21.6 Å². The maximum Gasteiger partial charge on any atom is 0.416 e. The summed E-state index contributed by atoms with van der Waals surface area (Å²) in [7, 11) is -3.94. The number of anilines is 1. The highest BCUT2D eigenvalue weighted by Crippen LogP contribution is 2.34. The zero-order chi connectivity index (χ0) is 18.4. The van der Waals surface area contributed by atoms with Crippen LogP contribution in [0.4, 0.5) is 18.9 Å². The highest BCUT2D eigenvalue weighted by molar-refractivity contribution is 7.92. The van der Waals surface area contributed by atoms with E-state index in [1.54, 1.807) is 6.07 Å². The number of alkyl halides is 3. The Kier molecular flexibility index (Phi) is 4.26. The zero-order valence-corrected chi connectivity index (χ0v) is 14.6. The van der Waals surface area contributed by atoms with E-state index < -0.39 is 21.8 Å². The Morgan fingerprint density at radius 1 is 1.12 bits per heavy atom. The number of hydrogen-bond donors (Lipinski definition) is 0. The molecule has 4 nitrogen and oxygen atoms in total. The molecule has 0 aliphatic carbocycles. The molecule has 134 valence electrons. The second-order valence-corrected chi connectivity index (χ2v) is 7.92. The Morgan fingerprint density at radius 3 is 2.36 bits per heavy atom. The van der Waals surface area contributed by atoms with Crippen LogP contribution in [0.25, 0.3) is 0 Å². The van der Waals surface area contributed by atoms with Gasteiger partial charge in [0.2, 0.25) is 0 Å². The Bertz CT molecular complexity index is 907. The Labute approximate surface area is 144 Å². The Balaban J connectivity index is 2.03. The summed E-state index contributed by atoms with van der Waals surface area (Å²) < 4.78 is 65.1. The maximum absolute atomic E-state index is 12.9. The van der Waals surface area contributed by atoms with E-state index >= 15 is 0 Å². The highest BCUT2D eigenvalue weighted by atomic mass is 32.2. The summed E-state index contributed by atoms with van der Waals surface area (Å²) in [6.07, 6.45) is -3.21. The van der Waals surface area contributed by atoms with Crippen LogP contribution in [0.5, 0.6) is 0 Å². The molecule has 1 aromatic carbocycles. The summed E-state index contributed by atoms with van der Waals surface area (Å²) in [6, 6.07) is 5.35. The monoisotopic (exact) mass is 370 g/mol. The molecule has 0 atom stereocenters. The summed E-state index contributed by atoms with van der Waals surface area (Å²) in [5.41, 5.74) is 2.04. The second kappa shape index (κ2) is 6.01. The zero-order valence-electron chi connectivity index (χ0n) is 13.8. The average molecular weight is 370 g/mol. The molecule has 2 aromatic rings. The molecule has 0 fully saturated rings. The minimum Gasteiger partial charge on any atom is -0.264 e. The smallest absolute Gasteiger partial charge is 0.264 e. The molecule has 8 heteroatoms. The third-order valence-corrected chi connectivity index (χ3v) is 6.16. The van der Waals surface area contributed by atoms with Gasteiger partial charge >= 0.3 is 6.18 Å². The first-order valence-electron chi connectivity index (χ1n) is 7.78. The van der Waals surface area contributed by atoms with Gasteiger partial charge in [0.1, 0.15) is 0 Å². The molecule has 0 bridgehead atoms. The van der Waals surface area contributed by atoms with Crippen LogP contribution in [0.1, 0.15) is 28.9 Å². The van der Waals surface area contributed by atoms with Crippen LogP contribution in [0.15, 0.2) is 35.2 Å². The molecule has 1 aromatic heterocycles. The van der Waals surface area contributed by atoms with Crippen molar-refractivity contribution in [2.75, 3.05) is 10.8 Å². The number of fused-ring (bicyclic) bond motifs is 1. The fourth-order valence-electron chi connectivity index (χ4n) is 2.84. The van der Waals surface area contributed by atoms with Crippen LogP contribution in [-0.2, 0) is 22.6 Å². The number of aromatic nitrogens is 1. The van der Waals surface area contributed by atoms with Gasteiger partial charge in [0.05, 0.1) is 21.8 Å². The fraction of sp³-hybridized carbons (Fsp3) is 0.353. The normalized spacial score (nSPS) is 15.2. The SMILES string of the molecule is Cc1cc2c(nc1C)CCCN2S(=O)(=O)c1ccc(C(F)(F)F)cc1. The molecule has 0 saturated carbocycles. The number of aryl methyl sites for hydroxylation is 3. The van der Waals surface area contributed by atoms with Crippen molar-refractivity contribution in [3.05, 3.63) is 52.8 Å². The van der Waals surface area contributed by atoms with Crippen molar-refractivity contribution >= 4 is 15.7 Å². The van der Waals surface area contributed by atoms with Crippen LogP contribution in [0.2, 0.25) is 0 Å². The quantitative estimate of drug-likeness (QED) is 0.807. The van der Waals surface area contributed by atoms with Crippen molar-refractivity contribution in [3.8, 4) is 0 Å². The first-order valence-corrected chi connectivity index (χ1v) is 9.22. The number of halogens is 3. The maximum atomic E-state index is 12.9. The van der Waals surface area contributed by atoms with Crippen LogP contribution in [0.3, 0.4) is 0 Å². The van der Waals surface area contributed by atoms with Crippen LogP contribution in [-0.4, -0.2) is 19.9 Å².